The Bertz CT molecular complexity index is 797. The van der Waals surface area contributed by atoms with Crippen LogP contribution in [0.1, 0.15) is 19.8 Å². The molecule has 2 amide bonds. The molecule has 4 N–H and O–H groups in total. The number of aliphatic hydroxyl groups is 1. The van der Waals surface area contributed by atoms with E-state index in [2.05, 4.69) is 5.32 Å². The van der Waals surface area contributed by atoms with E-state index >= 15 is 0 Å². The second kappa shape index (κ2) is 8.75. The summed E-state index contributed by atoms with van der Waals surface area (Å²) in [5.41, 5.74) is 6.49. The molecule has 2 aliphatic rings. The van der Waals surface area contributed by atoms with Gasteiger partial charge in [-0.25, -0.2) is 9.18 Å². The largest absolute Gasteiger partial charge is 0.442 e. The van der Waals surface area contributed by atoms with E-state index < -0.39 is 36.6 Å². The van der Waals surface area contributed by atoms with Crippen LogP contribution in [-0.2, 0) is 14.3 Å². The summed E-state index contributed by atoms with van der Waals surface area (Å²) in [6.45, 7) is 1.96. The molecule has 0 saturated carbocycles. The Balaban J connectivity index is 1.65. The van der Waals surface area contributed by atoms with Crippen molar-refractivity contribution in [2.24, 2.45) is 5.73 Å². The Kier molecular flexibility index (Phi) is 6.33. The van der Waals surface area contributed by atoms with Gasteiger partial charge in [0.15, 0.2) is 0 Å². The van der Waals surface area contributed by atoms with E-state index in [-0.39, 0.29) is 18.4 Å². The van der Waals surface area contributed by atoms with Gasteiger partial charge in [0.2, 0.25) is 5.91 Å². The number of anilines is 2. The first-order chi connectivity index (χ1) is 13.8. The molecule has 2 aliphatic heterocycles. The third-order valence-electron chi connectivity index (χ3n) is 5.29. The number of benzene rings is 1. The van der Waals surface area contributed by atoms with E-state index in [0.29, 0.717) is 37.3 Å². The van der Waals surface area contributed by atoms with Crippen molar-refractivity contribution in [1.82, 2.24) is 5.32 Å². The third kappa shape index (κ3) is 4.65. The Hall–Kier alpha value is -2.72. The molecule has 0 radical (unpaired) electrons. The average Bonchev–Trinajstić information content (AvgIpc) is 3.09. The number of hydrogen-bond acceptors (Lipinski definition) is 7. The summed E-state index contributed by atoms with van der Waals surface area (Å²) in [5.74, 6) is -1.18. The number of carbonyl (C=O) groups is 3. The van der Waals surface area contributed by atoms with Crippen molar-refractivity contribution in [2.75, 3.05) is 36.0 Å². The normalized spacial score (nSPS) is 21.1. The van der Waals surface area contributed by atoms with Gasteiger partial charge in [-0.2, -0.15) is 0 Å². The Labute approximate surface area is 167 Å². The molecule has 9 nitrogen and oxygen atoms in total. The molecule has 0 spiro atoms. The zero-order valence-corrected chi connectivity index (χ0v) is 16.1. The van der Waals surface area contributed by atoms with E-state index in [1.807, 2.05) is 4.90 Å². The predicted molar refractivity (Wildman–Crippen MR) is 103 cm³/mol. The van der Waals surface area contributed by atoms with Crippen LogP contribution in [0.4, 0.5) is 20.6 Å². The monoisotopic (exact) mass is 408 g/mol. The van der Waals surface area contributed by atoms with Crippen molar-refractivity contribution in [3.05, 3.63) is 24.0 Å². The van der Waals surface area contributed by atoms with Gasteiger partial charge < -0.3 is 25.8 Å². The number of halogens is 1. The van der Waals surface area contributed by atoms with Crippen LogP contribution in [0.2, 0.25) is 0 Å². The van der Waals surface area contributed by atoms with Crippen LogP contribution in [0, 0.1) is 5.82 Å². The number of nitrogens with one attached hydrogen (secondary N) is 1. The highest BCUT2D eigenvalue weighted by molar-refractivity contribution is 5.91. The molecule has 1 aromatic carbocycles. The number of nitrogens with zero attached hydrogens (tertiary/aromatic N) is 2. The van der Waals surface area contributed by atoms with Crippen molar-refractivity contribution in [2.45, 2.75) is 38.0 Å². The molecule has 2 heterocycles. The van der Waals surface area contributed by atoms with E-state index in [1.165, 1.54) is 17.9 Å². The predicted octanol–water partition coefficient (Wildman–Crippen LogP) is 0.145. The highest BCUT2D eigenvalue weighted by Crippen LogP contribution is 2.30. The quantitative estimate of drug-likeness (QED) is 0.612. The highest BCUT2D eigenvalue weighted by atomic mass is 19.1. The lowest BCUT2D eigenvalue weighted by Crippen LogP contribution is -2.45. The minimum Gasteiger partial charge on any atom is -0.442 e. The fraction of sp³-hybridized carbons (Fsp3) is 0.526. The van der Waals surface area contributed by atoms with Gasteiger partial charge in [-0.05, 0) is 38.0 Å². The number of cyclic esters (lactones) is 1. The molecule has 29 heavy (non-hydrogen) atoms. The highest BCUT2D eigenvalue weighted by Gasteiger charge is 2.38. The van der Waals surface area contributed by atoms with E-state index in [0.717, 1.165) is 0 Å². The maximum absolute atomic E-state index is 14.8. The summed E-state index contributed by atoms with van der Waals surface area (Å²) in [6, 6.07) is 3.53. The van der Waals surface area contributed by atoms with Gasteiger partial charge in [-0.3, -0.25) is 14.5 Å². The molecule has 158 valence electrons. The first-order valence-corrected chi connectivity index (χ1v) is 9.49. The molecular formula is C19H25FN4O5. The fourth-order valence-corrected chi connectivity index (χ4v) is 3.60. The Morgan fingerprint density at radius 2 is 2.07 bits per heavy atom. The number of aliphatic hydroxyl groups excluding tert-OH is 1. The smallest absolute Gasteiger partial charge is 0.414 e. The van der Waals surface area contributed by atoms with Crippen LogP contribution >= 0.6 is 0 Å². The van der Waals surface area contributed by atoms with Crippen LogP contribution in [0.3, 0.4) is 0 Å². The molecule has 2 atom stereocenters. The molecule has 0 bridgehead atoms. The zero-order chi connectivity index (χ0) is 21.1. The number of ether oxygens (including phenoxy) is 1. The van der Waals surface area contributed by atoms with Gasteiger partial charge in [0, 0.05) is 19.1 Å². The van der Waals surface area contributed by atoms with Crippen LogP contribution in [0.25, 0.3) is 0 Å². The summed E-state index contributed by atoms with van der Waals surface area (Å²) < 4.78 is 19.9. The fourth-order valence-electron chi connectivity index (χ4n) is 3.60. The number of rotatable bonds is 6. The summed E-state index contributed by atoms with van der Waals surface area (Å²) >= 11 is 0. The van der Waals surface area contributed by atoms with Crippen LogP contribution in [0.15, 0.2) is 18.2 Å². The van der Waals surface area contributed by atoms with Gasteiger partial charge in [-0.1, -0.05) is 0 Å². The maximum Gasteiger partial charge on any atom is 0.414 e. The topological polar surface area (TPSA) is 125 Å². The number of piperidine rings is 1. The van der Waals surface area contributed by atoms with Crippen LogP contribution in [-0.4, -0.2) is 67.3 Å². The second-order valence-electron chi connectivity index (χ2n) is 7.29. The average molecular weight is 408 g/mol. The van der Waals surface area contributed by atoms with Gasteiger partial charge >= 0.3 is 6.09 Å². The van der Waals surface area contributed by atoms with E-state index in [9.17, 15) is 18.8 Å². The molecule has 2 fully saturated rings. The summed E-state index contributed by atoms with van der Waals surface area (Å²) in [7, 11) is 0. The number of ketones is 1. The minimum absolute atomic E-state index is 0.0463. The zero-order valence-electron chi connectivity index (χ0n) is 16.1. The number of nitrogens with two attached hydrogens (primary N) is 1. The standard InChI is InChI=1S/C19H25FN4O5/c1-11(26)18(21)16-9-24(19(28)29-16)13-2-3-15(14(20)8-13)23-6-4-12(5-7-23)22-17(27)10-25/h2-3,8,12,16,18,25H,4-7,9-10,21H2,1H3,(H,22,27). The minimum atomic E-state index is -0.916. The second-order valence-corrected chi connectivity index (χ2v) is 7.29. The molecule has 0 aromatic heterocycles. The van der Waals surface area contributed by atoms with Crippen molar-refractivity contribution in [1.29, 1.82) is 0 Å². The van der Waals surface area contributed by atoms with Gasteiger partial charge in [0.1, 0.15) is 30.4 Å². The molecular weight excluding hydrogens is 383 g/mol. The SMILES string of the molecule is CC(=O)C(N)C1CN(c2ccc(N3CCC(NC(=O)CO)CC3)c(F)c2)C(=O)O1. The number of hydrogen-bond donors (Lipinski definition) is 3. The van der Waals surface area contributed by atoms with Gasteiger partial charge in [0.25, 0.3) is 0 Å². The molecule has 10 heteroatoms. The van der Waals surface area contributed by atoms with Crippen molar-refractivity contribution in [3.63, 3.8) is 0 Å². The Morgan fingerprint density at radius 1 is 1.38 bits per heavy atom. The first-order valence-electron chi connectivity index (χ1n) is 9.49. The van der Waals surface area contributed by atoms with Gasteiger partial charge in [0.05, 0.1) is 17.9 Å². The number of carbonyl (C=O) groups excluding carboxylic acids is 3. The summed E-state index contributed by atoms with van der Waals surface area (Å²) in [4.78, 5) is 37.9. The first kappa shape index (κ1) is 21.0. The van der Waals surface area contributed by atoms with E-state index in [4.69, 9.17) is 15.6 Å². The molecule has 2 saturated heterocycles. The number of amides is 2. The molecule has 1 aromatic rings. The summed E-state index contributed by atoms with van der Waals surface area (Å²) in [5, 5.41) is 11.5. The maximum atomic E-state index is 14.8. The lowest BCUT2D eigenvalue weighted by molar-refractivity contribution is -0.124. The molecule has 0 aliphatic carbocycles. The van der Waals surface area contributed by atoms with E-state index in [1.54, 1.807) is 12.1 Å². The lowest BCUT2D eigenvalue weighted by Gasteiger charge is -2.34. The van der Waals surface area contributed by atoms with Gasteiger partial charge in [-0.15, -0.1) is 0 Å². The Morgan fingerprint density at radius 3 is 2.66 bits per heavy atom. The number of Topliss-reactive ketones (excluding diaryl/α,β-unsaturated/α-hetero) is 1. The summed E-state index contributed by atoms with van der Waals surface area (Å²) in [6.07, 6.45) is -0.165. The molecule has 3 rings (SSSR count). The van der Waals surface area contributed by atoms with Crippen LogP contribution in [0.5, 0.6) is 0 Å². The van der Waals surface area contributed by atoms with Crippen molar-refractivity contribution in [3.8, 4) is 0 Å². The lowest BCUT2D eigenvalue weighted by atomic mass is 10.0. The van der Waals surface area contributed by atoms with Crippen molar-refractivity contribution >= 4 is 29.2 Å². The third-order valence-corrected chi connectivity index (χ3v) is 5.29. The van der Waals surface area contributed by atoms with Crippen LogP contribution < -0.4 is 20.9 Å². The molecule has 2 unspecified atom stereocenters. The van der Waals surface area contributed by atoms with Crippen molar-refractivity contribution < 1.29 is 28.6 Å².